The number of benzene rings is 3. The Hall–Kier alpha value is -3.92. The zero-order chi connectivity index (χ0) is 29.7. The molecule has 4 aromatic rings. The lowest BCUT2D eigenvalue weighted by molar-refractivity contribution is 0.0323. The second-order valence-electron chi connectivity index (χ2n) is 12.0. The minimum Gasteiger partial charge on any atom is -0.492 e. The number of hydrogen-bond acceptors (Lipinski definition) is 6. The fourth-order valence-corrected chi connectivity index (χ4v) is 5.07. The van der Waals surface area contributed by atoms with Gasteiger partial charge in [-0.3, -0.25) is 10.2 Å². The van der Waals surface area contributed by atoms with Crippen molar-refractivity contribution in [1.29, 1.82) is 0 Å². The zero-order valence-corrected chi connectivity index (χ0v) is 25.3. The number of ether oxygens (including phenoxy) is 2. The van der Waals surface area contributed by atoms with Crippen LogP contribution in [0, 0.1) is 0 Å². The van der Waals surface area contributed by atoms with E-state index < -0.39 is 0 Å². The van der Waals surface area contributed by atoms with Crippen LogP contribution in [-0.2, 0) is 16.7 Å². The van der Waals surface area contributed by atoms with E-state index >= 15 is 0 Å². The van der Waals surface area contributed by atoms with Crippen LogP contribution in [-0.4, -0.2) is 79.2 Å². The molecule has 1 aromatic heterocycles. The lowest BCUT2D eigenvalue weighted by atomic mass is 9.92. The van der Waals surface area contributed by atoms with E-state index in [1.165, 1.54) is 5.56 Å². The summed E-state index contributed by atoms with van der Waals surface area (Å²) in [6.45, 7) is 12.0. The van der Waals surface area contributed by atoms with Crippen molar-refractivity contribution in [3.63, 3.8) is 0 Å². The van der Waals surface area contributed by atoms with Crippen molar-refractivity contribution in [3.05, 3.63) is 78.0 Å². The average molecular weight is 571 g/mol. The molecule has 9 nitrogen and oxygen atoms in total. The maximum atomic E-state index is 13.4. The predicted molar refractivity (Wildman–Crippen MR) is 169 cm³/mol. The molecule has 0 bridgehead atoms. The van der Waals surface area contributed by atoms with Crippen LogP contribution in [0.2, 0.25) is 0 Å². The lowest BCUT2D eigenvalue weighted by Gasteiger charge is -2.26. The van der Waals surface area contributed by atoms with Crippen molar-refractivity contribution in [3.8, 4) is 11.4 Å². The Kier molecular flexibility index (Phi) is 9.11. The molecule has 42 heavy (non-hydrogen) atoms. The van der Waals surface area contributed by atoms with Gasteiger partial charge in [0.05, 0.1) is 30.3 Å². The molecule has 0 aliphatic carbocycles. The average Bonchev–Trinajstić information content (AvgIpc) is 3.39. The van der Waals surface area contributed by atoms with Crippen molar-refractivity contribution in [2.45, 2.75) is 32.7 Å². The predicted octanol–water partition coefficient (Wildman–Crippen LogP) is 5.74. The molecule has 0 atom stereocenters. The number of rotatable bonds is 9. The first-order chi connectivity index (χ1) is 20.2. The molecule has 2 heterocycles. The van der Waals surface area contributed by atoms with Crippen LogP contribution in [0.4, 0.5) is 16.3 Å². The van der Waals surface area contributed by atoms with Crippen LogP contribution in [0.15, 0.2) is 66.7 Å². The molecule has 0 saturated carbocycles. The van der Waals surface area contributed by atoms with Crippen LogP contribution in [0.1, 0.15) is 32.0 Å². The van der Waals surface area contributed by atoms with Crippen LogP contribution in [0.25, 0.3) is 16.5 Å². The summed E-state index contributed by atoms with van der Waals surface area (Å²) in [5.41, 5.74) is 3.47. The molecule has 2 amide bonds. The fraction of sp³-hybridized carbons (Fsp3) is 0.394. The normalized spacial score (nSPS) is 14.3. The summed E-state index contributed by atoms with van der Waals surface area (Å²) in [6.07, 6.45) is 0. The summed E-state index contributed by atoms with van der Waals surface area (Å²) < 4.78 is 13.4. The van der Waals surface area contributed by atoms with Gasteiger partial charge in [-0.05, 0) is 43.9 Å². The maximum Gasteiger partial charge on any atom is 0.324 e. The lowest BCUT2D eigenvalue weighted by Crippen LogP contribution is -2.38. The molecule has 1 fully saturated rings. The van der Waals surface area contributed by atoms with E-state index in [-0.39, 0.29) is 11.4 Å². The molecule has 0 radical (unpaired) electrons. The third-order valence-electron chi connectivity index (χ3n) is 7.27. The number of nitrogens with zero attached hydrogens (tertiary/aromatic N) is 4. The summed E-state index contributed by atoms with van der Waals surface area (Å²) in [4.78, 5) is 17.9. The van der Waals surface area contributed by atoms with Gasteiger partial charge in [-0.1, -0.05) is 57.2 Å². The number of carbonyl (C=O) groups excluding carboxylic acids is 1. The van der Waals surface area contributed by atoms with Crippen LogP contribution in [0.3, 0.4) is 0 Å². The number of nitrogens with one attached hydrogen (secondary N) is 2. The summed E-state index contributed by atoms with van der Waals surface area (Å²) >= 11 is 0. The highest BCUT2D eigenvalue weighted by Gasteiger charge is 2.22. The van der Waals surface area contributed by atoms with Gasteiger partial charge in [-0.15, -0.1) is 0 Å². The monoisotopic (exact) mass is 570 g/mol. The van der Waals surface area contributed by atoms with Crippen molar-refractivity contribution < 1.29 is 14.3 Å². The number of fused-ring (bicyclic) bond motifs is 1. The largest absolute Gasteiger partial charge is 0.492 e. The molecule has 9 heteroatoms. The number of carbonyl (C=O) groups is 1. The van der Waals surface area contributed by atoms with E-state index in [9.17, 15) is 4.79 Å². The van der Waals surface area contributed by atoms with E-state index in [0.29, 0.717) is 18.1 Å². The number of anilines is 2. The van der Waals surface area contributed by atoms with Gasteiger partial charge in [0.15, 0.2) is 0 Å². The van der Waals surface area contributed by atoms with Crippen LogP contribution in [0.5, 0.6) is 5.75 Å². The quantitative estimate of drug-likeness (QED) is 0.267. The first kappa shape index (κ1) is 29.6. The first-order valence-electron chi connectivity index (χ1n) is 14.5. The smallest absolute Gasteiger partial charge is 0.324 e. The second-order valence-corrected chi connectivity index (χ2v) is 12.0. The molecule has 0 spiro atoms. The number of urea groups is 1. The van der Waals surface area contributed by atoms with Gasteiger partial charge in [-0.25, -0.2) is 9.48 Å². The molecule has 0 unspecified atom stereocenters. The van der Waals surface area contributed by atoms with Crippen molar-refractivity contribution in [2.24, 2.45) is 0 Å². The Morgan fingerprint density at radius 1 is 0.976 bits per heavy atom. The Balaban J connectivity index is 1.34. The first-order valence-corrected chi connectivity index (χ1v) is 14.5. The van der Waals surface area contributed by atoms with E-state index in [4.69, 9.17) is 14.6 Å². The number of aromatic nitrogens is 2. The van der Waals surface area contributed by atoms with E-state index in [0.717, 1.165) is 67.3 Å². The number of hydrogen-bond donors (Lipinski definition) is 2. The highest BCUT2D eigenvalue weighted by Crippen LogP contribution is 2.32. The Morgan fingerprint density at radius 2 is 1.74 bits per heavy atom. The highest BCUT2D eigenvalue weighted by molar-refractivity contribution is 6.07. The van der Waals surface area contributed by atoms with Crippen molar-refractivity contribution >= 4 is 28.3 Å². The van der Waals surface area contributed by atoms with Gasteiger partial charge in [0, 0.05) is 48.4 Å². The minimum absolute atomic E-state index is 0.187. The zero-order valence-electron chi connectivity index (χ0n) is 25.3. The molecular formula is C33H42N6O3. The number of morpholine rings is 1. The van der Waals surface area contributed by atoms with Gasteiger partial charge >= 0.3 is 6.03 Å². The SMILES string of the molecule is CN(C)Cc1cccc(-n2nc(C(C)(C)C)cc2NC(=O)Nc2ccc(OCCN3CCOCC3)c3ccccc23)c1. The molecule has 1 saturated heterocycles. The summed E-state index contributed by atoms with van der Waals surface area (Å²) in [7, 11) is 4.09. The molecule has 222 valence electrons. The summed E-state index contributed by atoms with van der Waals surface area (Å²) in [6, 6.07) is 21.6. The van der Waals surface area contributed by atoms with Gasteiger partial charge < -0.3 is 19.7 Å². The highest BCUT2D eigenvalue weighted by atomic mass is 16.5. The van der Waals surface area contributed by atoms with Crippen molar-refractivity contribution in [1.82, 2.24) is 19.6 Å². The molecular weight excluding hydrogens is 528 g/mol. The van der Waals surface area contributed by atoms with E-state index in [1.807, 2.05) is 73.4 Å². The van der Waals surface area contributed by atoms with Crippen LogP contribution < -0.4 is 15.4 Å². The molecule has 3 aromatic carbocycles. The van der Waals surface area contributed by atoms with Crippen LogP contribution >= 0.6 is 0 Å². The third-order valence-corrected chi connectivity index (χ3v) is 7.27. The molecule has 1 aliphatic rings. The van der Waals surface area contributed by atoms with E-state index in [1.54, 1.807) is 0 Å². The summed E-state index contributed by atoms with van der Waals surface area (Å²) in [5.74, 6) is 1.40. The second kappa shape index (κ2) is 12.9. The van der Waals surface area contributed by atoms with Gasteiger partial charge in [-0.2, -0.15) is 5.10 Å². The maximum absolute atomic E-state index is 13.4. The molecule has 2 N–H and O–H groups in total. The topological polar surface area (TPSA) is 83.9 Å². The minimum atomic E-state index is -0.341. The molecule has 5 rings (SSSR count). The molecule has 1 aliphatic heterocycles. The van der Waals surface area contributed by atoms with Gasteiger partial charge in [0.25, 0.3) is 0 Å². The Labute approximate surface area is 248 Å². The number of amides is 2. The standard InChI is InChI=1S/C33H42N6O3/c1-33(2,3)30-22-31(39(36-30)25-10-8-9-24(21-25)23-37(4)5)35-32(40)34-28-13-14-29(27-12-7-6-11-26(27)28)42-20-17-38-15-18-41-19-16-38/h6-14,21-22H,15-20,23H2,1-5H3,(H2,34,35,40). The Morgan fingerprint density at radius 3 is 2.48 bits per heavy atom. The van der Waals surface area contributed by atoms with E-state index in [2.05, 4.69) is 53.3 Å². The van der Waals surface area contributed by atoms with Gasteiger partial charge in [0.1, 0.15) is 18.2 Å². The summed E-state index contributed by atoms with van der Waals surface area (Å²) in [5, 5.41) is 12.9. The third kappa shape index (κ3) is 7.28. The van der Waals surface area contributed by atoms with Crippen molar-refractivity contribution in [2.75, 3.05) is 64.2 Å². The van der Waals surface area contributed by atoms with Gasteiger partial charge in [0.2, 0.25) is 0 Å². The Bertz CT molecular complexity index is 1520. The fourth-order valence-electron chi connectivity index (χ4n) is 5.07.